The minimum absolute atomic E-state index is 0.340. The second-order valence-corrected chi connectivity index (χ2v) is 7.08. The molecule has 2 fully saturated rings. The van der Waals surface area contributed by atoms with Gasteiger partial charge in [0, 0.05) is 21.1 Å². The van der Waals surface area contributed by atoms with Crippen LogP contribution in [0.5, 0.6) is 6.01 Å². The summed E-state index contributed by atoms with van der Waals surface area (Å²) >= 11 is 0. The highest BCUT2D eigenvalue weighted by Gasteiger charge is 2.39. The van der Waals surface area contributed by atoms with E-state index in [1.54, 1.807) is 18.7 Å². The van der Waals surface area contributed by atoms with E-state index in [1.165, 1.54) is 37.3 Å². The van der Waals surface area contributed by atoms with E-state index >= 15 is 0 Å². The minimum Gasteiger partial charge on any atom is -0.464 e. The van der Waals surface area contributed by atoms with Crippen LogP contribution in [-0.2, 0) is 21.1 Å². The van der Waals surface area contributed by atoms with Gasteiger partial charge in [0.1, 0.15) is 0 Å². The SMILES string of the molecule is Cn1c(=O)c2c(nc(OC[C@H]3C[C@@H]4CC[C@@H]3C4)n2C)n(C)c1=O. The predicted molar refractivity (Wildman–Crippen MR) is 85.6 cm³/mol. The lowest BCUT2D eigenvalue weighted by molar-refractivity contribution is 0.180. The molecule has 7 heteroatoms. The first-order chi connectivity index (χ1) is 11.0. The van der Waals surface area contributed by atoms with E-state index in [0.717, 1.165) is 16.4 Å². The molecule has 2 saturated carbocycles. The van der Waals surface area contributed by atoms with Gasteiger partial charge in [-0.25, -0.2) is 4.79 Å². The summed E-state index contributed by atoms with van der Waals surface area (Å²) in [5, 5.41) is 0. The van der Waals surface area contributed by atoms with Crippen LogP contribution in [0.4, 0.5) is 0 Å². The van der Waals surface area contributed by atoms with Crippen molar-refractivity contribution in [2.45, 2.75) is 25.7 Å². The lowest BCUT2D eigenvalue weighted by atomic mass is 9.90. The van der Waals surface area contributed by atoms with E-state index in [-0.39, 0.29) is 11.2 Å². The molecule has 0 unspecified atom stereocenters. The summed E-state index contributed by atoms with van der Waals surface area (Å²) in [7, 11) is 4.86. The van der Waals surface area contributed by atoms with Crippen molar-refractivity contribution in [2.75, 3.05) is 6.61 Å². The van der Waals surface area contributed by atoms with E-state index in [0.29, 0.717) is 29.7 Å². The Bertz CT molecular complexity index is 891. The zero-order valence-electron chi connectivity index (χ0n) is 13.8. The van der Waals surface area contributed by atoms with Crippen LogP contribution >= 0.6 is 0 Å². The highest BCUT2D eigenvalue weighted by Crippen LogP contribution is 2.48. The van der Waals surface area contributed by atoms with Crippen molar-refractivity contribution in [3.63, 3.8) is 0 Å². The van der Waals surface area contributed by atoms with Crippen molar-refractivity contribution in [1.82, 2.24) is 18.7 Å². The van der Waals surface area contributed by atoms with Gasteiger partial charge in [-0.15, -0.1) is 0 Å². The Morgan fingerprint density at radius 3 is 2.52 bits per heavy atom. The highest BCUT2D eigenvalue weighted by atomic mass is 16.5. The normalized spacial score (nSPS) is 26.3. The zero-order valence-corrected chi connectivity index (χ0v) is 13.8. The number of nitrogens with zero attached hydrogens (tertiary/aromatic N) is 4. The molecule has 2 aliphatic rings. The van der Waals surface area contributed by atoms with Crippen LogP contribution < -0.4 is 16.0 Å². The van der Waals surface area contributed by atoms with E-state index < -0.39 is 0 Å². The van der Waals surface area contributed by atoms with Crippen molar-refractivity contribution in [1.29, 1.82) is 0 Å². The van der Waals surface area contributed by atoms with Crippen molar-refractivity contribution >= 4 is 11.2 Å². The topological polar surface area (TPSA) is 71.1 Å². The summed E-state index contributed by atoms with van der Waals surface area (Å²) in [6, 6.07) is 0.418. The number of imidazole rings is 1. The average Bonchev–Trinajstić information content (AvgIpc) is 3.23. The van der Waals surface area contributed by atoms with Gasteiger partial charge in [0.05, 0.1) is 6.61 Å². The Morgan fingerprint density at radius 1 is 1.09 bits per heavy atom. The molecular weight excluding hydrogens is 296 g/mol. The molecule has 2 aliphatic carbocycles. The first kappa shape index (κ1) is 14.5. The Balaban J connectivity index is 1.67. The summed E-state index contributed by atoms with van der Waals surface area (Å²) in [6.07, 6.45) is 5.27. The maximum absolute atomic E-state index is 12.3. The molecule has 2 heterocycles. The fourth-order valence-electron chi connectivity index (χ4n) is 4.39. The van der Waals surface area contributed by atoms with Gasteiger partial charge in [0.15, 0.2) is 11.2 Å². The Morgan fingerprint density at radius 2 is 1.87 bits per heavy atom. The molecule has 7 nitrogen and oxygen atoms in total. The molecule has 2 aromatic heterocycles. The summed E-state index contributed by atoms with van der Waals surface area (Å²) < 4.78 is 10.1. The van der Waals surface area contributed by atoms with Gasteiger partial charge < -0.3 is 4.74 Å². The van der Waals surface area contributed by atoms with E-state index in [9.17, 15) is 9.59 Å². The lowest BCUT2D eigenvalue weighted by Gasteiger charge is -2.21. The Hall–Kier alpha value is -2.05. The summed E-state index contributed by atoms with van der Waals surface area (Å²) in [6.45, 7) is 0.645. The molecule has 0 saturated heterocycles. The Kier molecular flexibility index (Phi) is 3.14. The number of hydrogen-bond acceptors (Lipinski definition) is 4. The van der Waals surface area contributed by atoms with Gasteiger partial charge in [-0.2, -0.15) is 4.98 Å². The maximum Gasteiger partial charge on any atom is 0.332 e. The van der Waals surface area contributed by atoms with Gasteiger partial charge in [0.25, 0.3) is 11.6 Å². The van der Waals surface area contributed by atoms with Crippen LogP contribution in [0.1, 0.15) is 25.7 Å². The van der Waals surface area contributed by atoms with Gasteiger partial charge in [-0.1, -0.05) is 6.42 Å². The lowest BCUT2D eigenvalue weighted by Crippen LogP contribution is -2.37. The fraction of sp³-hybridized carbons (Fsp3) is 0.688. The quantitative estimate of drug-likeness (QED) is 0.839. The molecule has 0 spiro atoms. The molecule has 124 valence electrons. The third kappa shape index (κ3) is 2.05. The zero-order chi connectivity index (χ0) is 16.3. The van der Waals surface area contributed by atoms with Crippen LogP contribution in [0.2, 0.25) is 0 Å². The monoisotopic (exact) mass is 318 g/mol. The third-order valence-corrected chi connectivity index (χ3v) is 5.75. The predicted octanol–water partition coefficient (Wildman–Crippen LogP) is 0.786. The van der Waals surface area contributed by atoms with Gasteiger partial charge in [-0.3, -0.25) is 18.5 Å². The second-order valence-electron chi connectivity index (χ2n) is 7.08. The van der Waals surface area contributed by atoms with Gasteiger partial charge >= 0.3 is 5.69 Å². The molecule has 0 amide bonds. The highest BCUT2D eigenvalue weighted by molar-refractivity contribution is 5.71. The molecule has 0 N–H and O–H groups in total. The molecule has 4 rings (SSSR count). The largest absolute Gasteiger partial charge is 0.464 e. The molecule has 0 aromatic carbocycles. The van der Waals surface area contributed by atoms with Crippen LogP contribution in [0.3, 0.4) is 0 Å². The number of aryl methyl sites for hydroxylation is 2. The molecule has 23 heavy (non-hydrogen) atoms. The summed E-state index contributed by atoms with van der Waals surface area (Å²) in [5.41, 5.74) is 0.0641. The fourth-order valence-corrected chi connectivity index (χ4v) is 4.39. The molecule has 3 atom stereocenters. The van der Waals surface area contributed by atoms with Crippen molar-refractivity contribution in [3.8, 4) is 6.01 Å². The van der Waals surface area contributed by atoms with Crippen molar-refractivity contribution in [2.24, 2.45) is 38.9 Å². The summed E-state index contributed by atoms with van der Waals surface area (Å²) in [5.74, 6) is 2.26. The Labute approximate surface area is 133 Å². The average molecular weight is 318 g/mol. The number of rotatable bonds is 3. The van der Waals surface area contributed by atoms with Crippen LogP contribution in [0, 0.1) is 17.8 Å². The first-order valence-corrected chi connectivity index (χ1v) is 8.22. The maximum atomic E-state index is 12.3. The number of fused-ring (bicyclic) bond motifs is 3. The van der Waals surface area contributed by atoms with Crippen LogP contribution in [0.15, 0.2) is 9.59 Å². The molecular formula is C16H22N4O3. The molecule has 2 bridgehead atoms. The van der Waals surface area contributed by atoms with Gasteiger partial charge in [-0.05, 0) is 37.0 Å². The minimum atomic E-state index is -0.375. The third-order valence-electron chi connectivity index (χ3n) is 5.75. The second kappa shape index (κ2) is 4.97. The van der Waals surface area contributed by atoms with E-state index in [1.807, 2.05) is 0 Å². The number of aromatic nitrogens is 4. The number of ether oxygens (including phenoxy) is 1. The summed E-state index contributed by atoms with van der Waals surface area (Å²) in [4.78, 5) is 28.7. The standard InChI is InChI=1S/C16H22N4O3/c1-18-12-13(19(2)16(22)20(3)14(12)21)17-15(18)23-8-11-7-9-4-5-10(11)6-9/h9-11H,4-8H2,1-3H3/t9-,10-,11-/m1/s1. The van der Waals surface area contributed by atoms with E-state index in [4.69, 9.17) is 4.74 Å². The van der Waals surface area contributed by atoms with Gasteiger partial charge in [0.2, 0.25) is 0 Å². The first-order valence-electron chi connectivity index (χ1n) is 8.22. The van der Waals surface area contributed by atoms with Crippen LogP contribution in [0.25, 0.3) is 11.2 Å². The molecule has 0 radical (unpaired) electrons. The molecule has 0 aliphatic heterocycles. The van der Waals surface area contributed by atoms with Crippen molar-refractivity contribution < 1.29 is 4.74 Å². The van der Waals surface area contributed by atoms with Crippen LogP contribution in [-0.4, -0.2) is 25.3 Å². The molecule has 2 aromatic rings. The smallest absolute Gasteiger partial charge is 0.332 e. The number of hydrogen-bond donors (Lipinski definition) is 0. The van der Waals surface area contributed by atoms with Crippen molar-refractivity contribution in [3.05, 3.63) is 20.8 Å². The van der Waals surface area contributed by atoms with E-state index in [2.05, 4.69) is 4.98 Å².